The van der Waals surface area contributed by atoms with Gasteiger partial charge in [0.05, 0.1) is 19.3 Å². The Bertz CT molecular complexity index is 677. The van der Waals surface area contributed by atoms with Crippen LogP contribution in [-0.4, -0.2) is 31.3 Å². The maximum atomic E-state index is 12.6. The molecule has 0 aliphatic heterocycles. The van der Waals surface area contributed by atoms with Crippen LogP contribution in [0.3, 0.4) is 0 Å². The lowest BCUT2D eigenvalue weighted by Crippen LogP contribution is -2.22. The molecule has 1 aromatic heterocycles. The molecule has 0 N–H and O–H groups in total. The molecule has 0 saturated heterocycles. The molecule has 0 atom stereocenters. The Morgan fingerprint density at radius 1 is 1.18 bits per heavy atom. The third-order valence-electron chi connectivity index (χ3n) is 3.50. The number of Topliss-reactive ketones (excluding diaryl/α,β-unsaturated/α-hetero) is 2. The maximum Gasteiger partial charge on any atom is 0.374 e. The van der Waals surface area contributed by atoms with Crippen molar-refractivity contribution < 1.29 is 28.3 Å². The SMILES string of the molecule is CCCC1=C(OC)C(=O)c2oc(C(=O)OCC)c(C)c2C1=O. The normalized spacial score (nSPS) is 14.2. The lowest BCUT2D eigenvalue weighted by Gasteiger charge is -2.16. The van der Waals surface area contributed by atoms with E-state index in [-0.39, 0.29) is 35.2 Å². The predicted molar refractivity (Wildman–Crippen MR) is 77.0 cm³/mol. The summed E-state index contributed by atoms with van der Waals surface area (Å²) in [7, 11) is 1.34. The highest BCUT2D eigenvalue weighted by molar-refractivity contribution is 6.26. The van der Waals surface area contributed by atoms with Crippen LogP contribution in [0.5, 0.6) is 0 Å². The van der Waals surface area contributed by atoms with E-state index < -0.39 is 11.8 Å². The molecule has 2 rings (SSSR count). The number of allylic oxidation sites excluding steroid dienone is 2. The van der Waals surface area contributed by atoms with Crippen molar-refractivity contribution in [3.63, 3.8) is 0 Å². The van der Waals surface area contributed by atoms with E-state index in [1.165, 1.54) is 7.11 Å². The summed E-state index contributed by atoms with van der Waals surface area (Å²) in [6.45, 7) is 5.31. The number of hydrogen-bond acceptors (Lipinski definition) is 6. The van der Waals surface area contributed by atoms with Gasteiger partial charge in [0.2, 0.25) is 5.76 Å². The van der Waals surface area contributed by atoms with Gasteiger partial charge in [0, 0.05) is 11.1 Å². The smallest absolute Gasteiger partial charge is 0.374 e. The van der Waals surface area contributed by atoms with Crippen molar-refractivity contribution in [2.45, 2.75) is 33.6 Å². The summed E-state index contributed by atoms with van der Waals surface area (Å²) in [6.07, 6.45) is 1.12. The Balaban J connectivity index is 2.59. The zero-order valence-electron chi connectivity index (χ0n) is 13.1. The topological polar surface area (TPSA) is 82.8 Å². The second-order valence-corrected chi connectivity index (χ2v) is 4.90. The largest absolute Gasteiger partial charge is 0.492 e. The maximum absolute atomic E-state index is 12.6. The molecule has 1 heterocycles. The molecule has 22 heavy (non-hydrogen) atoms. The van der Waals surface area contributed by atoms with Crippen molar-refractivity contribution in [2.24, 2.45) is 0 Å². The number of esters is 1. The van der Waals surface area contributed by atoms with Gasteiger partial charge in [-0.3, -0.25) is 9.59 Å². The Morgan fingerprint density at radius 3 is 2.41 bits per heavy atom. The number of ketones is 2. The van der Waals surface area contributed by atoms with E-state index in [0.717, 1.165) is 0 Å². The van der Waals surface area contributed by atoms with Gasteiger partial charge in [0.25, 0.3) is 5.78 Å². The van der Waals surface area contributed by atoms with Crippen molar-refractivity contribution in [1.82, 2.24) is 0 Å². The minimum Gasteiger partial charge on any atom is -0.492 e. The number of fused-ring (bicyclic) bond motifs is 1. The van der Waals surface area contributed by atoms with E-state index >= 15 is 0 Å². The van der Waals surface area contributed by atoms with Gasteiger partial charge in [-0.2, -0.15) is 0 Å². The monoisotopic (exact) mass is 306 g/mol. The van der Waals surface area contributed by atoms with Crippen molar-refractivity contribution in [2.75, 3.05) is 13.7 Å². The molecule has 0 fully saturated rings. The van der Waals surface area contributed by atoms with Crippen LogP contribution >= 0.6 is 0 Å². The fraction of sp³-hybridized carbons (Fsp3) is 0.438. The number of furan rings is 1. The van der Waals surface area contributed by atoms with Crippen LogP contribution in [0.25, 0.3) is 0 Å². The molecule has 118 valence electrons. The molecule has 6 heteroatoms. The van der Waals surface area contributed by atoms with Gasteiger partial charge in [0.15, 0.2) is 17.3 Å². The molecule has 0 spiro atoms. The van der Waals surface area contributed by atoms with E-state index in [4.69, 9.17) is 13.9 Å². The number of carbonyl (C=O) groups is 3. The van der Waals surface area contributed by atoms with Crippen molar-refractivity contribution >= 4 is 17.5 Å². The highest BCUT2D eigenvalue weighted by Crippen LogP contribution is 2.34. The first-order valence-corrected chi connectivity index (χ1v) is 7.14. The zero-order valence-corrected chi connectivity index (χ0v) is 13.1. The van der Waals surface area contributed by atoms with Crippen LogP contribution < -0.4 is 0 Å². The Labute approximate surface area is 128 Å². The molecular weight excluding hydrogens is 288 g/mol. The van der Waals surface area contributed by atoms with E-state index in [1.54, 1.807) is 13.8 Å². The predicted octanol–water partition coefficient (Wildman–Crippen LogP) is 2.84. The quantitative estimate of drug-likeness (QED) is 0.778. The van der Waals surface area contributed by atoms with Crippen molar-refractivity contribution in [1.29, 1.82) is 0 Å². The first-order chi connectivity index (χ1) is 10.5. The summed E-state index contributed by atoms with van der Waals surface area (Å²) in [5.41, 5.74) is 0.787. The molecular formula is C16H18O6. The molecule has 1 aromatic rings. The van der Waals surface area contributed by atoms with Gasteiger partial charge in [-0.15, -0.1) is 0 Å². The molecule has 1 aliphatic carbocycles. The standard InChI is InChI=1S/C16H18O6/c1-5-7-9-11(17)10-8(3)13(16(19)21-6-2)22-15(10)12(18)14(9)20-4/h5-7H2,1-4H3. The molecule has 0 amide bonds. The van der Waals surface area contributed by atoms with Gasteiger partial charge in [-0.05, 0) is 20.3 Å². The van der Waals surface area contributed by atoms with E-state index in [9.17, 15) is 14.4 Å². The van der Waals surface area contributed by atoms with Gasteiger partial charge in [0.1, 0.15) is 0 Å². The van der Waals surface area contributed by atoms with Crippen LogP contribution in [0, 0.1) is 6.92 Å². The second-order valence-electron chi connectivity index (χ2n) is 4.90. The van der Waals surface area contributed by atoms with E-state index in [2.05, 4.69) is 0 Å². The van der Waals surface area contributed by atoms with Crippen LogP contribution in [0.15, 0.2) is 15.7 Å². The first-order valence-electron chi connectivity index (χ1n) is 7.14. The van der Waals surface area contributed by atoms with E-state index in [1.807, 2.05) is 6.92 Å². The minimum absolute atomic E-state index is 0.0106. The minimum atomic E-state index is -0.689. The van der Waals surface area contributed by atoms with Crippen molar-refractivity contribution in [3.05, 3.63) is 34.0 Å². The lowest BCUT2D eigenvalue weighted by atomic mass is 9.88. The molecule has 0 aromatic carbocycles. The Kier molecular flexibility index (Phi) is 4.49. The second kappa shape index (κ2) is 6.17. The Morgan fingerprint density at radius 2 is 1.86 bits per heavy atom. The highest BCUT2D eigenvalue weighted by Gasteiger charge is 2.39. The molecule has 0 saturated carbocycles. The van der Waals surface area contributed by atoms with Crippen LogP contribution in [0.1, 0.15) is 63.7 Å². The number of ether oxygens (including phenoxy) is 2. The van der Waals surface area contributed by atoms with Gasteiger partial charge >= 0.3 is 5.97 Å². The van der Waals surface area contributed by atoms with E-state index in [0.29, 0.717) is 24.0 Å². The van der Waals surface area contributed by atoms with Gasteiger partial charge < -0.3 is 13.9 Å². The number of methoxy groups -OCH3 is 1. The number of hydrogen-bond donors (Lipinski definition) is 0. The van der Waals surface area contributed by atoms with Crippen LogP contribution in [0.2, 0.25) is 0 Å². The number of rotatable bonds is 5. The highest BCUT2D eigenvalue weighted by atomic mass is 16.5. The van der Waals surface area contributed by atoms with Crippen LogP contribution in [-0.2, 0) is 9.47 Å². The van der Waals surface area contributed by atoms with Gasteiger partial charge in [-0.25, -0.2) is 4.79 Å². The summed E-state index contributed by atoms with van der Waals surface area (Å²) < 4.78 is 15.3. The lowest BCUT2D eigenvalue weighted by molar-refractivity contribution is 0.0486. The third-order valence-corrected chi connectivity index (χ3v) is 3.50. The van der Waals surface area contributed by atoms with Gasteiger partial charge in [-0.1, -0.05) is 13.3 Å². The zero-order chi connectivity index (χ0) is 16.4. The average Bonchev–Trinajstić information content (AvgIpc) is 2.83. The Hall–Kier alpha value is -2.37. The average molecular weight is 306 g/mol. The van der Waals surface area contributed by atoms with Crippen molar-refractivity contribution in [3.8, 4) is 0 Å². The summed E-state index contributed by atoms with van der Waals surface area (Å²) >= 11 is 0. The molecule has 0 bridgehead atoms. The summed E-state index contributed by atoms with van der Waals surface area (Å²) in [4.78, 5) is 36.9. The summed E-state index contributed by atoms with van der Waals surface area (Å²) in [6, 6.07) is 0. The summed E-state index contributed by atoms with van der Waals surface area (Å²) in [5, 5.41) is 0. The molecule has 0 radical (unpaired) electrons. The summed E-state index contributed by atoms with van der Waals surface area (Å²) in [5.74, 6) is -1.80. The molecule has 0 unspecified atom stereocenters. The molecule has 6 nitrogen and oxygen atoms in total. The molecule has 1 aliphatic rings. The first kappa shape index (κ1) is 16.0. The van der Waals surface area contributed by atoms with Crippen LogP contribution in [0.4, 0.5) is 0 Å². The number of carbonyl (C=O) groups excluding carboxylic acids is 3. The fourth-order valence-electron chi connectivity index (χ4n) is 2.53. The third kappa shape index (κ3) is 2.34. The fourth-order valence-corrected chi connectivity index (χ4v) is 2.53.